The predicted octanol–water partition coefficient (Wildman–Crippen LogP) is 5.79. The minimum atomic E-state index is -0.540. The lowest BCUT2D eigenvalue weighted by Gasteiger charge is -2.11. The molecule has 0 saturated carbocycles. The number of hydrogen-bond acceptors (Lipinski definition) is 6. The molecule has 0 radical (unpaired) electrons. The SMILES string of the molecule is O=C1S/C(=C/c2ccc(-c3ccc(Cl)cc3[N+](=O)[O-])o2)C(=O)N1CCc1ccccc1. The molecule has 3 aromatic rings. The van der Waals surface area contributed by atoms with Crippen LogP contribution in [0.2, 0.25) is 5.02 Å². The molecule has 0 bridgehead atoms. The zero-order chi connectivity index (χ0) is 22.0. The summed E-state index contributed by atoms with van der Waals surface area (Å²) in [7, 11) is 0. The Kier molecular flexibility index (Phi) is 5.92. The van der Waals surface area contributed by atoms with E-state index in [1.165, 1.54) is 29.2 Å². The van der Waals surface area contributed by atoms with Gasteiger partial charge in [0, 0.05) is 23.7 Å². The molecule has 1 aliphatic heterocycles. The van der Waals surface area contributed by atoms with Gasteiger partial charge in [0.15, 0.2) is 0 Å². The highest BCUT2D eigenvalue weighted by Gasteiger charge is 2.35. The minimum Gasteiger partial charge on any atom is -0.456 e. The van der Waals surface area contributed by atoms with E-state index in [1.807, 2.05) is 30.3 Å². The Labute approximate surface area is 186 Å². The summed E-state index contributed by atoms with van der Waals surface area (Å²) in [6, 6.07) is 17.0. The van der Waals surface area contributed by atoms with Gasteiger partial charge in [0.2, 0.25) is 0 Å². The first-order valence-electron chi connectivity index (χ1n) is 9.26. The maximum absolute atomic E-state index is 12.7. The first kappa shape index (κ1) is 20.9. The number of nitro benzene ring substituents is 1. The fourth-order valence-electron chi connectivity index (χ4n) is 3.15. The van der Waals surface area contributed by atoms with Crippen molar-refractivity contribution < 1.29 is 18.9 Å². The number of benzene rings is 2. The number of halogens is 1. The Morgan fingerprint density at radius 2 is 1.87 bits per heavy atom. The standard InChI is InChI=1S/C22H15ClN2O5S/c23-15-6-8-17(18(12-15)25(28)29)19-9-7-16(30-19)13-20-21(26)24(22(27)31-20)11-10-14-4-2-1-3-5-14/h1-9,12-13H,10-11H2/b20-13+. The van der Waals surface area contributed by atoms with Crippen molar-refractivity contribution in [2.24, 2.45) is 0 Å². The van der Waals surface area contributed by atoms with Crippen molar-refractivity contribution >= 4 is 46.3 Å². The number of rotatable bonds is 6. The summed E-state index contributed by atoms with van der Waals surface area (Å²) >= 11 is 6.69. The molecule has 0 unspecified atom stereocenters. The molecule has 1 fully saturated rings. The van der Waals surface area contributed by atoms with Crippen LogP contribution in [0.5, 0.6) is 0 Å². The van der Waals surface area contributed by atoms with Gasteiger partial charge in [-0.2, -0.15) is 0 Å². The van der Waals surface area contributed by atoms with Gasteiger partial charge in [-0.15, -0.1) is 0 Å². The van der Waals surface area contributed by atoms with E-state index in [4.69, 9.17) is 16.0 Å². The van der Waals surface area contributed by atoms with E-state index in [9.17, 15) is 19.7 Å². The summed E-state index contributed by atoms with van der Waals surface area (Å²) in [5, 5.41) is 11.2. The third-order valence-corrected chi connectivity index (χ3v) is 5.81. The molecule has 7 nitrogen and oxygen atoms in total. The van der Waals surface area contributed by atoms with Crippen molar-refractivity contribution in [2.75, 3.05) is 6.54 Å². The summed E-state index contributed by atoms with van der Waals surface area (Å²) in [6.07, 6.45) is 2.04. The second kappa shape index (κ2) is 8.79. The third kappa shape index (κ3) is 4.55. The average Bonchev–Trinajstić information content (AvgIpc) is 3.32. The monoisotopic (exact) mass is 454 g/mol. The first-order valence-corrected chi connectivity index (χ1v) is 10.5. The quantitative estimate of drug-likeness (QED) is 0.266. The van der Waals surface area contributed by atoms with Crippen molar-refractivity contribution in [2.45, 2.75) is 6.42 Å². The molecule has 0 N–H and O–H groups in total. The van der Waals surface area contributed by atoms with Crippen molar-refractivity contribution in [3.05, 3.63) is 92.0 Å². The molecule has 0 atom stereocenters. The maximum atomic E-state index is 12.7. The molecule has 1 aromatic heterocycles. The zero-order valence-electron chi connectivity index (χ0n) is 16.0. The topological polar surface area (TPSA) is 93.7 Å². The number of amides is 2. The molecular weight excluding hydrogens is 440 g/mol. The van der Waals surface area contributed by atoms with Crippen LogP contribution in [0.25, 0.3) is 17.4 Å². The number of hydrogen-bond donors (Lipinski definition) is 0. The van der Waals surface area contributed by atoms with E-state index in [1.54, 1.807) is 12.1 Å². The second-order valence-electron chi connectivity index (χ2n) is 6.69. The number of carbonyl (C=O) groups excluding carboxylic acids is 2. The smallest absolute Gasteiger partial charge is 0.293 e. The van der Waals surface area contributed by atoms with Gasteiger partial charge < -0.3 is 4.42 Å². The van der Waals surface area contributed by atoms with Gasteiger partial charge in [-0.05, 0) is 48.0 Å². The van der Waals surface area contributed by atoms with Crippen LogP contribution >= 0.6 is 23.4 Å². The van der Waals surface area contributed by atoms with Gasteiger partial charge in [0.25, 0.3) is 16.8 Å². The average molecular weight is 455 g/mol. The highest BCUT2D eigenvalue weighted by atomic mass is 35.5. The van der Waals surface area contributed by atoms with E-state index in [0.717, 1.165) is 17.3 Å². The number of nitrogens with zero attached hydrogens (tertiary/aromatic N) is 2. The molecule has 156 valence electrons. The Balaban J connectivity index is 1.53. The fraction of sp³-hybridized carbons (Fsp3) is 0.0909. The number of carbonyl (C=O) groups is 2. The summed E-state index contributed by atoms with van der Waals surface area (Å²) in [5.41, 5.74) is 1.12. The minimum absolute atomic E-state index is 0.186. The van der Waals surface area contributed by atoms with Gasteiger partial charge >= 0.3 is 0 Å². The summed E-state index contributed by atoms with van der Waals surface area (Å²) in [5.74, 6) is 0.187. The lowest BCUT2D eigenvalue weighted by Crippen LogP contribution is -2.30. The van der Waals surface area contributed by atoms with Gasteiger partial charge in [-0.25, -0.2) is 0 Å². The van der Waals surface area contributed by atoms with E-state index in [0.29, 0.717) is 12.2 Å². The second-order valence-corrected chi connectivity index (χ2v) is 8.12. The summed E-state index contributed by atoms with van der Waals surface area (Å²) in [6.45, 7) is 0.284. The largest absolute Gasteiger partial charge is 0.456 e. The Morgan fingerprint density at radius 3 is 2.61 bits per heavy atom. The van der Waals surface area contributed by atoms with Crippen LogP contribution in [-0.2, 0) is 11.2 Å². The number of furan rings is 1. The van der Waals surface area contributed by atoms with Gasteiger partial charge in [-0.1, -0.05) is 41.9 Å². The molecule has 0 aliphatic carbocycles. The molecule has 1 saturated heterocycles. The molecule has 9 heteroatoms. The van der Waals surface area contributed by atoms with E-state index in [2.05, 4.69) is 0 Å². The molecule has 2 aromatic carbocycles. The van der Waals surface area contributed by atoms with E-state index < -0.39 is 4.92 Å². The van der Waals surface area contributed by atoms with E-state index in [-0.39, 0.29) is 44.6 Å². The van der Waals surface area contributed by atoms with Crippen LogP contribution < -0.4 is 0 Å². The van der Waals surface area contributed by atoms with Gasteiger partial charge in [0.1, 0.15) is 11.5 Å². The van der Waals surface area contributed by atoms with Crippen molar-refractivity contribution in [3.8, 4) is 11.3 Å². The zero-order valence-corrected chi connectivity index (χ0v) is 17.6. The molecule has 2 heterocycles. The van der Waals surface area contributed by atoms with E-state index >= 15 is 0 Å². The number of nitro groups is 1. The Bertz CT molecular complexity index is 1210. The Hall–Kier alpha value is -3.36. The number of imide groups is 1. The molecule has 31 heavy (non-hydrogen) atoms. The fourth-order valence-corrected chi connectivity index (χ4v) is 4.16. The highest BCUT2D eigenvalue weighted by Crippen LogP contribution is 2.36. The maximum Gasteiger partial charge on any atom is 0.293 e. The van der Waals surface area contributed by atoms with Gasteiger partial charge in [-0.3, -0.25) is 24.6 Å². The molecular formula is C22H15ClN2O5S. The predicted molar refractivity (Wildman–Crippen MR) is 119 cm³/mol. The van der Waals surface area contributed by atoms with Crippen LogP contribution in [0, 0.1) is 10.1 Å². The molecule has 0 spiro atoms. The van der Waals surface area contributed by atoms with Crippen LogP contribution in [-0.4, -0.2) is 27.5 Å². The van der Waals surface area contributed by atoms with Crippen LogP contribution in [0.3, 0.4) is 0 Å². The first-order chi connectivity index (χ1) is 14.9. The van der Waals surface area contributed by atoms with Crippen molar-refractivity contribution in [1.82, 2.24) is 4.90 Å². The normalized spacial score (nSPS) is 15.1. The van der Waals surface area contributed by atoms with Crippen LogP contribution in [0.1, 0.15) is 11.3 Å². The lowest BCUT2D eigenvalue weighted by molar-refractivity contribution is -0.384. The highest BCUT2D eigenvalue weighted by molar-refractivity contribution is 8.18. The molecule has 1 aliphatic rings. The molecule has 4 rings (SSSR count). The third-order valence-electron chi connectivity index (χ3n) is 4.66. The Morgan fingerprint density at radius 1 is 1.10 bits per heavy atom. The van der Waals surface area contributed by atoms with Gasteiger partial charge in [0.05, 0.1) is 15.4 Å². The summed E-state index contributed by atoms with van der Waals surface area (Å²) in [4.78, 5) is 37.2. The van der Waals surface area contributed by atoms with Crippen molar-refractivity contribution in [3.63, 3.8) is 0 Å². The van der Waals surface area contributed by atoms with Crippen molar-refractivity contribution in [1.29, 1.82) is 0 Å². The van der Waals surface area contributed by atoms with Crippen LogP contribution in [0.4, 0.5) is 10.5 Å². The lowest BCUT2D eigenvalue weighted by atomic mass is 10.1. The number of thioether (sulfide) groups is 1. The van der Waals surface area contributed by atoms with Crippen LogP contribution in [0.15, 0.2) is 70.0 Å². The molecule has 2 amide bonds. The summed E-state index contributed by atoms with van der Waals surface area (Å²) < 4.78 is 5.69.